The molecule has 7 heteroatoms. The van der Waals surface area contributed by atoms with E-state index < -0.39 is 5.91 Å². The van der Waals surface area contributed by atoms with Crippen molar-refractivity contribution in [3.63, 3.8) is 0 Å². The standard InChI is InChI=1S/C25H35N3O4/c1-4-5-7-21-23(19-8-10-20(11-9-19)25(30)31-3)22(24(26)29)18(2)28(21)13-6-12-27-14-16-32-17-15-27/h8-11H,4-7,12-17H2,1-3H3,(H2,26,29). The predicted molar refractivity (Wildman–Crippen MR) is 125 cm³/mol. The molecule has 0 radical (unpaired) electrons. The van der Waals surface area contributed by atoms with Crippen LogP contribution in [-0.4, -0.2) is 61.3 Å². The number of nitrogens with two attached hydrogens (primary N) is 1. The second-order valence-electron chi connectivity index (χ2n) is 8.28. The van der Waals surface area contributed by atoms with Crippen LogP contribution < -0.4 is 5.73 Å². The minimum absolute atomic E-state index is 0.380. The number of methoxy groups -OCH3 is 1. The van der Waals surface area contributed by atoms with Gasteiger partial charge in [0.05, 0.1) is 31.5 Å². The number of morpholine rings is 1. The summed E-state index contributed by atoms with van der Waals surface area (Å²) in [5.41, 5.74) is 10.8. The molecule has 1 aromatic carbocycles. The highest BCUT2D eigenvalue weighted by Gasteiger charge is 2.25. The van der Waals surface area contributed by atoms with Gasteiger partial charge in [-0.3, -0.25) is 9.69 Å². The molecule has 0 spiro atoms. The summed E-state index contributed by atoms with van der Waals surface area (Å²) in [4.78, 5) is 26.8. The fourth-order valence-corrected chi connectivity index (χ4v) is 4.48. The van der Waals surface area contributed by atoms with E-state index in [0.29, 0.717) is 11.1 Å². The Bertz CT molecular complexity index is 928. The fourth-order valence-electron chi connectivity index (χ4n) is 4.48. The topological polar surface area (TPSA) is 86.8 Å². The van der Waals surface area contributed by atoms with Crippen LogP contribution in [0.2, 0.25) is 0 Å². The van der Waals surface area contributed by atoms with Gasteiger partial charge in [-0.15, -0.1) is 0 Å². The third kappa shape index (κ3) is 5.40. The molecule has 1 saturated heterocycles. The maximum absolute atomic E-state index is 12.5. The summed E-state index contributed by atoms with van der Waals surface area (Å²) in [5, 5.41) is 0. The number of benzene rings is 1. The number of amides is 1. The Morgan fingerprint density at radius 1 is 1.09 bits per heavy atom. The van der Waals surface area contributed by atoms with Crippen molar-refractivity contribution in [1.82, 2.24) is 9.47 Å². The van der Waals surface area contributed by atoms with E-state index in [1.54, 1.807) is 12.1 Å². The highest BCUT2D eigenvalue weighted by atomic mass is 16.5. The molecular weight excluding hydrogens is 406 g/mol. The number of carbonyl (C=O) groups is 2. The lowest BCUT2D eigenvalue weighted by molar-refractivity contribution is 0.0369. The summed E-state index contributed by atoms with van der Waals surface area (Å²) in [6.45, 7) is 9.51. The van der Waals surface area contributed by atoms with E-state index in [-0.39, 0.29) is 5.97 Å². The van der Waals surface area contributed by atoms with Crippen molar-refractivity contribution in [2.45, 2.75) is 46.1 Å². The van der Waals surface area contributed by atoms with Crippen LogP contribution in [0.15, 0.2) is 24.3 Å². The van der Waals surface area contributed by atoms with E-state index in [2.05, 4.69) is 16.4 Å². The monoisotopic (exact) mass is 441 g/mol. The molecule has 2 N–H and O–H groups in total. The summed E-state index contributed by atoms with van der Waals surface area (Å²) in [7, 11) is 1.37. The smallest absolute Gasteiger partial charge is 0.337 e. The summed E-state index contributed by atoms with van der Waals surface area (Å²) in [6.07, 6.45) is 3.95. The van der Waals surface area contributed by atoms with E-state index in [9.17, 15) is 9.59 Å². The zero-order chi connectivity index (χ0) is 23.1. The number of aromatic nitrogens is 1. The molecular formula is C25H35N3O4. The molecule has 0 atom stereocenters. The van der Waals surface area contributed by atoms with Crippen LogP contribution in [0.3, 0.4) is 0 Å². The first-order valence-corrected chi connectivity index (χ1v) is 11.5. The lowest BCUT2D eigenvalue weighted by Gasteiger charge is -2.26. The maximum Gasteiger partial charge on any atom is 0.337 e. The number of nitrogens with zero attached hydrogens (tertiary/aromatic N) is 2. The number of ether oxygens (including phenoxy) is 2. The molecule has 0 unspecified atom stereocenters. The van der Waals surface area contributed by atoms with E-state index in [4.69, 9.17) is 15.2 Å². The molecule has 0 bridgehead atoms. The Balaban J connectivity index is 1.95. The second kappa shape index (κ2) is 11.3. The van der Waals surface area contributed by atoms with Crippen molar-refractivity contribution in [1.29, 1.82) is 0 Å². The first kappa shape index (κ1) is 24.0. The predicted octanol–water partition coefficient (Wildman–Crippen LogP) is 3.41. The Hall–Kier alpha value is -2.64. The molecule has 0 aliphatic carbocycles. The third-order valence-electron chi connectivity index (χ3n) is 6.20. The Labute approximate surface area is 190 Å². The van der Waals surface area contributed by atoms with Gasteiger partial charge in [-0.1, -0.05) is 25.5 Å². The van der Waals surface area contributed by atoms with Crippen LogP contribution in [0.25, 0.3) is 11.1 Å². The van der Waals surface area contributed by atoms with Crippen LogP contribution in [0.5, 0.6) is 0 Å². The Morgan fingerprint density at radius 3 is 2.38 bits per heavy atom. The van der Waals surface area contributed by atoms with E-state index in [0.717, 1.165) is 87.6 Å². The van der Waals surface area contributed by atoms with Gasteiger partial charge in [0.2, 0.25) is 0 Å². The molecule has 2 heterocycles. The second-order valence-corrected chi connectivity index (χ2v) is 8.28. The normalized spacial score (nSPS) is 14.5. The SMILES string of the molecule is CCCCc1c(-c2ccc(C(=O)OC)cc2)c(C(N)=O)c(C)n1CCCN1CCOCC1. The van der Waals surface area contributed by atoms with Crippen molar-refractivity contribution in [3.8, 4) is 11.1 Å². The van der Waals surface area contributed by atoms with Gasteiger partial charge in [0.1, 0.15) is 0 Å². The molecule has 2 aromatic rings. The molecule has 1 aliphatic rings. The minimum Gasteiger partial charge on any atom is -0.465 e. The Morgan fingerprint density at radius 2 is 1.78 bits per heavy atom. The van der Waals surface area contributed by atoms with Gasteiger partial charge in [0.25, 0.3) is 5.91 Å². The first-order valence-electron chi connectivity index (χ1n) is 11.5. The largest absolute Gasteiger partial charge is 0.465 e. The summed E-state index contributed by atoms with van der Waals surface area (Å²) >= 11 is 0. The number of carbonyl (C=O) groups excluding carboxylic acids is 2. The molecule has 174 valence electrons. The number of hydrogen-bond donors (Lipinski definition) is 1. The van der Waals surface area contributed by atoms with E-state index in [1.807, 2.05) is 19.1 Å². The number of esters is 1. The van der Waals surface area contributed by atoms with Crippen LogP contribution in [0.1, 0.15) is 58.3 Å². The average molecular weight is 442 g/mol. The van der Waals surface area contributed by atoms with Crippen LogP contribution >= 0.6 is 0 Å². The van der Waals surface area contributed by atoms with Crippen LogP contribution in [-0.2, 0) is 22.4 Å². The van der Waals surface area contributed by atoms with Gasteiger partial charge in [-0.05, 0) is 43.9 Å². The summed E-state index contributed by atoms with van der Waals surface area (Å²) in [5.74, 6) is -0.797. The van der Waals surface area contributed by atoms with Gasteiger partial charge >= 0.3 is 5.97 Å². The zero-order valence-corrected chi connectivity index (χ0v) is 19.5. The van der Waals surface area contributed by atoms with Crippen LogP contribution in [0.4, 0.5) is 0 Å². The van der Waals surface area contributed by atoms with Gasteiger partial charge in [-0.25, -0.2) is 4.79 Å². The molecule has 1 aliphatic heterocycles. The number of hydrogen-bond acceptors (Lipinski definition) is 5. The number of primary amides is 1. The minimum atomic E-state index is -0.417. The molecule has 1 fully saturated rings. The molecule has 7 nitrogen and oxygen atoms in total. The quantitative estimate of drug-likeness (QED) is 0.571. The first-order chi connectivity index (χ1) is 15.5. The molecule has 1 aromatic heterocycles. The highest BCUT2D eigenvalue weighted by molar-refractivity contribution is 6.02. The highest BCUT2D eigenvalue weighted by Crippen LogP contribution is 2.34. The number of unbranched alkanes of at least 4 members (excludes halogenated alkanes) is 1. The maximum atomic E-state index is 12.5. The lowest BCUT2D eigenvalue weighted by atomic mass is 9.96. The van der Waals surface area contributed by atoms with Gasteiger partial charge in [-0.2, -0.15) is 0 Å². The van der Waals surface area contributed by atoms with Crippen molar-refractivity contribution < 1.29 is 19.1 Å². The fraction of sp³-hybridized carbons (Fsp3) is 0.520. The Kier molecular flexibility index (Phi) is 8.47. The van der Waals surface area contributed by atoms with Gasteiger partial charge in [0.15, 0.2) is 0 Å². The lowest BCUT2D eigenvalue weighted by Crippen LogP contribution is -2.37. The summed E-state index contributed by atoms with van der Waals surface area (Å²) in [6, 6.07) is 7.23. The van der Waals surface area contributed by atoms with E-state index in [1.165, 1.54) is 7.11 Å². The molecule has 3 rings (SSSR count). The van der Waals surface area contributed by atoms with Crippen molar-refractivity contribution >= 4 is 11.9 Å². The van der Waals surface area contributed by atoms with E-state index >= 15 is 0 Å². The van der Waals surface area contributed by atoms with Gasteiger partial charge < -0.3 is 19.8 Å². The van der Waals surface area contributed by atoms with Crippen molar-refractivity contribution in [2.75, 3.05) is 40.0 Å². The molecule has 32 heavy (non-hydrogen) atoms. The number of rotatable bonds is 10. The summed E-state index contributed by atoms with van der Waals surface area (Å²) < 4.78 is 12.5. The third-order valence-corrected chi connectivity index (χ3v) is 6.20. The average Bonchev–Trinajstić information content (AvgIpc) is 3.09. The zero-order valence-electron chi connectivity index (χ0n) is 19.5. The van der Waals surface area contributed by atoms with Crippen molar-refractivity contribution in [3.05, 3.63) is 46.8 Å². The van der Waals surface area contributed by atoms with Crippen molar-refractivity contribution in [2.24, 2.45) is 5.73 Å². The molecule has 0 saturated carbocycles. The van der Waals surface area contributed by atoms with Crippen LogP contribution in [0, 0.1) is 6.92 Å². The molecule has 1 amide bonds. The van der Waals surface area contributed by atoms with Gasteiger partial charge in [0, 0.05) is 43.1 Å².